The SMILES string of the molecule is C=CC(=O)Nc1cc(CN2CCN(CC)CC2)ccc1Cc1cc(N(C)C(=O)Cc2c(Cl)c(OC)cc(OC)c2Cl)ncn1. The zero-order chi connectivity index (χ0) is 31.8. The molecule has 0 unspecified atom stereocenters. The summed E-state index contributed by atoms with van der Waals surface area (Å²) in [6, 6.07) is 9.42. The van der Waals surface area contributed by atoms with Crippen molar-refractivity contribution in [1.29, 1.82) is 0 Å². The van der Waals surface area contributed by atoms with Gasteiger partial charge in [-0.25, -0.2) is 9.97 Å². The highest BCUT2D eigenvalue weighted by atomic mass is 35.5. The molecule has 2 amide bonds. The van der Waals surface area contributed by atoms with Crippen molar-refractivity contribution in [2.45, 2.75) is 26.3 Å². The van der Waals surface area contributed by atoms with Gasteiger partial charge in [0.1, 0.15) is 23.6 Å². The van der Waals surface area contributed by atoms with Crippen LogP contribution in [0.1, 0.15) is 29.3 Å². The van der Waals surface area contributed by atoms with Crippen molar-refractivity contribution in [3.63, 3.8) is 0 Å². The Bertz CT molecular complexity index is 1480. The quantitative estimate of drug-likeness (QED) is 0.280. The molecule has 44 heavy (non-hydrogen) atoms. The minimum atomic E-state index is -0.295. The summed E-state index contributed by atoms with van der Waals surface area (Å²) in [7, 11) is 4.58. The summed E-state index contributed by atoms with van der Waals surface area (Å²) < 4.78 is 10.6. The van der Waals surface area contributed by atoms with Gasteiger partial charge in [0.05, 0.1) is 36.4 Å². The zero-order valence-corrected chi connectivity index (χ0v) is 27.0. The van der Waals surface area contributed by atoms with Gasteiger partial charge in [0.2, 0.25) is 11.8 Å². The van der Waals surface area contributed by atoms with E-state index in [1.54, 1.807) is 19.2 Å². The number of amides is 2. The van der Waals surface area contributed by atoms with Gasteiger partial charge in [0.15, 0.2) is 0 Å². The second-order valence-electron chi connectivity index (χ2n) is 10.5. The average molecular weight is 642 g/mol. The number of carbonyl (C=O) groups excluding carboxylic acids is 2. The number of hydrogen-bond acceptors (Lipinski definition) is 8. The van der Waals surface area contributed by atoms with Crippen LogP contribution in [0.2, 0.25) is 10.0 Å². The Morgan fingerprint density at radius 1 is 1.02 bits per heavy atom. The third-order valence-corrected chi connectivity index (χ3v) is 8.56. The van der Waals surface area contributed by atoms with Crippen LogP contribution in [0.3, 0.4) is 0 Å². The van der Waals surface area contributed by atoms with Crippen LogP contribution in [0.25, 0.3) is 0 Å². The maximum Gasteiger partial charge on any atom is 0.247 e. The first-order chi connectivity index (χ1) is 21.2. The van der Waals surface area contributed by atoms with E-state index in [-0.39, 0.29) is 28.3 Å². The minimum Gasteiger partial charge on any atom is -0.495 e. The Morgan fingerprint density at radius 2 is 1.68 bits per heavy atom. The van der Waals surface area contributed by atoms with Gasteiger partial charge in [0.25, 0.3) is 0 Å². The van der Waals surface area contributed by atoms with Crippen molar-refractivity contribution in [3.05, 3.63) is 81.7 Å². The van der Waals surface area contributed by atoms with E-state index in [0.717, 1.165) is 50.4 Å². The predicted molar refractivity (Wildman–Crippen MR) is 174 cm³/mol. The number of rotatable bonds is 12. The zero-order valence-electron chi connectivity index (χ0n) is 25.5. The Hall–Kier alpha value is -3.70. The molecule has 1 aliphatic rings. The van der Waals surface area contributed by atoms with Gasteiger partial charge in [0, 0.05) is 69.6 Å². The fraction of sp³-hybridized carbons (Fsp3) is 0.375. The van der Waals surface area contributed by atoms with Gasteiger partial charge in [-0.15, -0.1) is 0 Å². The van der Waals surface area contributed by atoms with Crippen LogP contribution in [-0.2, 0) is 29.0 Å². The number of aromatic nitrogens is 2. The van der Waals surface area contributed by atoms with Gasteiger partial charge in [-0.05, 0) is 29.8 Å². The Morgan fingerprint density at radius 3 is 2.30 bits per heavy atom. The summed E-state index contributed by atoms with van der Waals surface area (Å²) in [6.45, 7) is 11.8. The van der Waals surface area contributed by atoms with Gasteiger partial charge < -0.3 is 19.7 Å². The van der Waals surface area contributed by atoms with Crippen LogP contribution in [-0.4, -0.2) is 85.6 Å². The van der Waals surface area contributed by atoms with Gasteiger partial charge in [-0.1, -0.05) is 48.8 Å². The topological polar surface area (TPSA) is 100 Å². The highest BCUT2D eigenvalue weighted by Gasteiger charge is 2.23. The highest BCUT2D eigenvalue weighted by Crippen LogP contribution is 2.40. The van der Waals surface area contributed by atoms with Crippen molar-refractivity contribution >= 4 is 46.5 Å². The summed E-state index contributed by atoms with van der Waals surface area (Å²) in [5, 5.41) is 3.43. The van der Waals surface area contributed by atoms with E-state index in [1.807, 2.05) is 12.1 Å². The molecule has 0 radical (unpaired) electrons. The van der Waals surface area contributed by atoms with Crippen molar-refractivity contribution < 1.29 is 19.1 Å². The molecule has 10 nitrogen and oxygen atoms in total. The third-order valence-electron chi connectivity index (χ3n) is 7.73. The van der Waals surface area contributed by atoms with Crippen LogP contribution >= 0.6 is 23.2 Å². The number of ether oxygens (including phenoxy) is 2. The predicted octanol–water partition coefficient (Wildman–Crippen LogP) is 4.86. The number of piperazine rings is 1. The Labute approximate surface area is 268 Å². The molecular formula is C32H38Cl2N6O4. The number of halogens is 2. The largest absolute Gasteiger partial charge is 0.495 e. The monoisotopic (exact) mass is 640 g/mol. The number of hydrogen-bond donors (Lipinski definition) is 1. The van der Waals surface area contributed by atoms with Crippen LogP contribution in [0.4, 0.5) is 11.5 Å². The molecule has 1 N–H and O–H groups in total. The molecule has 2 aromatic carbocycles. The van der Waals surface area contributed by atoms with E-state index in [4.69, 9.17) is 32.7 Å². The lowest BCUT2D eigenvalue weighted by Gasteiger charge is -2.34. The minimum absolute atomic E-state index is 0.103. The molecule has 0 aliphatic carbocycles. The van der Waals surface area contributed by atoms with Crippen LogP contribution in [0.5, 0.6) is 11.5 Å². The van der Waals surface area contributed by atoms with E-state index >= 15 is 0 Å². The van der Waals surface area contributed by atoms with Gasteiger partial charge >= 0.3 is 0 Å². The van der Waals surface area contributed by atoms with Crippen LogP contribution < -0.4 is 19.7 Å². The van der Waals surface area contributed by atoms with Gasteiger partial charge in [-0.3, -0.25) is 19.4 Å². The molecule has 1 aromatic heterocycles. The molecule has 234 valence electrons. The first kappa shape index (κ1) is 33.2. The van der Waals surface area contributed by atoms with Crippen molar-refractivity contribution in [3.8, 4) is 11.5 Å². The Balaban J connectivity index is 1.52. The standard InChI is InChI=1S/C32H38Cl2N6O4/c1-6-29(41)37-25-14-21(19-40-12-10-39(7-2)11-13-40)8-9-22(25)15-23-16-28(36-20-35-23)38(3)30(42)17-24-31(33)26(43-4)18-27(44-5)32(24)34/h6,8-9,14,16,18,20H,1,7,10-13,15,17,19H2,2-5H3,(H,37,41). The molecule has 12 heteroatoms. The molecule has 0 saturated carbocycles. The molecule has 0 spiro atoms. The van der Waals surface area contributed by atoms with Crippen molar-refractivity contribution in [2.24, 2.45) is 0 Å². The normalized spacial score (nSPS) is 13.8. The maximum absolute atomic E-state index is 13.3. The van der Waals surface area contributed by atoms with Crippen LogP contribution in [0.15, 0.2) is 49.3 Å². The van der Waals surface area contributed by atoms with E-state index in [2.05, 4.69) is 44.7 Å². The highest BCUT2D eigenvalue weighted by molar-refractivity contribution is 6.38. The van der Waals surface area contributed by atoms with E-state index in [1.165, 1.54) is 31.5 Å². The summed E-state index contributed by atoms with van der Waals surface area (Å²) >= 11 is 13.0. The second-order valence-corrected chi connectivity index (χ2v) is 11.2. The molecule has 2 heterocycles. The number of benzene rings is 2. The third kappa shape index (κ3) is 8.06. The molecule has 1 saturated heterocycles. The molecular weight excluding hydrogens is 603 g/mol. The average Bonchev–Trinajstić information content (AvgIpc) is 3.04. The number of nitrogens with zero attached hydrogens (tertiary/aromatic N) is 5. The molecule has 3 aromatic rings. The number of methoxy groups -OCH3 is 2. The fourth-order valence-corrected chi connectivity index (χ4v) is 5.68. The number of likely N-dealkylation sites (N-methyl/N-ethyl adjacent to an activating group) is 2. The first-order valence-electron chi connectivity index (χ1n) is 14.3. The summed E-state index contributed by atoms with van der Waals surface area (Å²) in [5.41, 5.74) is 3.75. The van der Waals surface area contributed by atoms with E-state index in [0.29, 0.717) is 40.7 Å². The van der Waals surface area contributed by atoms with E-state index in [9.17, 15) is 9.59 Å². The maximum atomic E-state index is 13.3. The summed E-state index contributed by atoms with van der Waals surface area (Å²) in [5.74, 6) is 0.526. The lowest BCUT2D eigenvalue weighted by molar-refractivity contribution is -0.117. The molecule has 4 rings (SSSR count). The lowest BCUT2D eigenvalue weighted by atomic mass is 10.0. The van der Waals surface area contributed by atoms with Gasteiger partial charge in [-0.2, -0.15) is 0 Å². The molecule has 0 atom stereocenters. The first-order valence-corrected chi connectivity index (χ1v) is 15.1. The Kier molecular flexibility index (Phi) is 11.6. The lowest BCUT2D eigenvalue weighted by Crippen LogP contribution is -2.45. The molecule has 1 aliphatic heterocycles. The van der Waals surface area contributed by atoms with Crippen molar-refractivity contribution in [2.75, 3.05) is 64.2 Å². The van der Waals surface area contributed by atoms with Crippen LogP contribution in [0, 0.1) is 0 Å². The van der Waals surface area contributed by atoms with E-state index < -0.39 is 0 Å². The number of nitrogens with one attached hydrogen (secondary N) is 1. The number of carbonyl (C=O) groups is 2. The number of anilines is 2. The smallest absolute Gasteiger partial charge is 0.247 e. The summed E-state index contributed by atoms with van der Waals surface area (Å²) in [4.78, 5) is 40.7. The summed E-state index contributed by atoms with van der Waals surface area (Å²) in [6.07, 6.45) is 2.97. The molecule has 1 fully saturated rings. The van der Waals surface area contributed by atoms with Crippen molar-refractivity contribution in [1.82, 2.24) is 19.8 Å². The second kappa shape index (κ2) is 15.3. The fourth-order valence-electron chi connectivity index (χ4n) is 5.05. The molecule has 0 bridgehead atoms.